The third-order valence-corrected chi connectivity index (χ3v) is 6.76. The van der Waals surface area contributed by atoms with Gasteiger partial charge in [0.25, 0.3) is 5.91 Å². The first kappa shape index (κ1) is 17.2. The molecule has 0 bridgehead atoms. The van der Waals surface area contributed by atoms with Crippen LogP contribution in [-0.2, 0) is 9.84 Å². The molecule has 0 radical (unpaired) electrons. The predicted molar refractivity (Wildman–Crippen MR) is 96.7 cm³/mol. The minimum atomic E-state index is -3.41. The molecule has 0 N–H and O–H groups in total. The van der Waals surface area contributed by atoms with Gasteiger partial charge in [0, 0.05) is 17.1 Å². The van der Waals surface area contributed by atoms with Crippen molar-refractivity contribution in [2.24, 2.45) is 0 Å². The van der Waals surface area contributed by atoms with E-state index in [9.17, 15) is 13.2 Å². The number of rotatable bonds is 4. The Hall–Kier alpha value is -1.66. The Kier molecular flexibility index (Phi) is 5.06. The summed E-state index contributed by atoms with van der Waals surface area (Å²) in [4.78, 5) is 14.8. The number of nitrogens with zero attached hydrogens (tertiary/aromatic N) is 1. The largest absolute Gasteiger partial charge is 0.335 e. The minimum Gasteiger partial charge on any atom is -0.335 e. The van der Waals surface area contributed by atoms with Crippen LogP contribution in [0.4, 0.5) is 0 Å². The molecule has 24 heavy (non-hydrogen) atoms. The Bertz CT molecular complexity index is 836. The highest BCUT2D eigenvalue weighted by atomic mass is 79.9. The Morgan fingerprint density at radius 1 is 1.08 bits per heavy atom. The fourth-order valence-corrected chi connectivity index (χ4v) is 5.11. The first-order chi connectivity index (χ1) is 11.5. The Morgan fingerprint density at radius 3 is 2.46 bits per heavy atom. The van der Waals surface area contributed by atoms with Crippen molar-refractivity contribution in [2.45, 2.75) is 23.8 Å². The zero-order chi connectivity index (χ0) is 17.2. The Balaban J connectivity index is 1.82. The molecule has 1 saturated heterocycles. The van der Waals surface area contributed by atoms with E-state index in [-0.39, 0.29) is 17.7 Å². The quantitative estimate of drug-likeness (QED) is 0.778. The minimum absolute atomic E-state index is 0.0345. The van der Waals surface area contributed by atoms with E-state index >= 15 is 0 Å². The molecule has 1 amide bonds. The predicted octanol–water partition coefficient (Wildman–Crippen LogP) is 3.53. The van der Waals surface area contributed by atoms with Crippen molar-refractivity contribution >= 4 is 31.7 Å². The fourth-order valence-electron chi connectivity index (χ4n) is 3.04. The van der Waals surface area contributed by atoms with Gasteiger partial charge in [0.05, 0.1) is 16.2 Å². The molecule has 2 aromatic carbocycles. The normalized spacial score (nSPS) is 17.9. The van der Waals surface area contributed by atoms with Crippen molar-refractivity contribution in [3.8, 4) is 0 Å². The lowest BCUT2D eigenvalue weighted by molar-refractivity contribution is 0.0748. The van der Waals surface area contributed by atoms with Gasteiger partial charge in [-0.2, -0.15) is 0 Å². The molecule has 1 heterocycles. The molecule has 6 heteroatoms. The monoisotopic (exact) mass is 407 g/mol. The summed E-state index contributed by atoms with van der Waals surface area (Å²) in [6, 6.07) is 15.4. The van der Waals surface area contributed by atoms with Gasteiger partial charge in [0.1, 0.15) is 0 Å². The highest BCUT2D eigenvalue weighted by Gasteiger charge is 2.33. The van der Waals surface area contributed by atoms with Crippen molar-refractivity contribution in [2.75, 3.05) is 12.3 Å². The number of hydrogen-bond donors (Lipinski definition) is 0. The fraction of sp³-hybridized carbons (Fsp3) is 0.278. The number of benzene rings is 2. The van der Waals surface area contributed by atoms with Gasteiger partial charge in [0.2, 0.25) is 0 Å². The van der Waals surface area contributed by atoms with Crippen LogP contribution >= 0.6 is 15.9 Å². The average molecular weight is 408 g/mol. The third-order valence-electron chi connectivity index (χ3n) is 4.26. The van der Waals surface area contributed by atoms with Gasteiger partial charge in [-0.3, -0.25) is 4.79 Å². The van der Waals surface area contributed by atoms with Crippen molar-refractivity contribution < 1.29 is 13.2 Å². The number of amides is 1. The molecule has 0 spiro atoms. The Labute approximate surface area is 150 Å². The maximum Gasteiger partial charge on any atom is 0.255 e. The van der Waals surface area contributed by atoms with Crippen LogP contribution in [0.15, 0.2) is 64.0 Å². The van der Waals surface area contributed by atoms with Gasteiger partial charge in [-0.25, -0.2) is 8.42 Å². The molecule has 0 aromatic heterocycles. The molecular weight excluding hydrogens is 390 g/mol. The standard InChI is InChI=1S/C18H18BrNO3S/c19-17-11-5-4-10-16(17)18(21)20-12-6-7-14(20)13-24(22,23)15-8-2-1-3-9-15/h1-5,8-11,14H,6-7,12-13H2. The molecule has 1 atom stereocenters. The molecule has 2 aromatic rings. The van der Waals surface area contributed by atoms with Gasteiger partial charge in [-0.05, 0) is 53.0 Å². The number of carbonyl (C=O) groups excluding carboxylic acids is 1. The number of hydrogen-bond acceptors (Lipinski definition) is 3. The van der Waals surface area contributed by atoms with Gasteiger partial charge >= 0.3 is 0 Å². The summed E-state index contributed by atoms with van der Waals surface area (Å²) in [5.41, 5.74) is 0.571. The van der Waals surface area contributed by atoms with Gasteiger partial charge in [0.15, 0.2) is 9.84 Å². The molecule has 1 aliphatic rings. The van der Waals surface area contributed by atoms with Crippen molar-refractivity contribution in [3.05, 3.63) is 64.6 Å². The van der Waals surface area contributed by atoms with E-state index in [0.717, 1.165) is 10.9 Å². The van der Waals surface area contributed by atoms with Crippen LogP contribution in [-0.4, -0.2) is 37.6 Å². The second-order valence-corrected chi connectivity index (χ2v) is 8.76. The maximum absolute atomic E-state index is 12.8. The molecule has 1 aliphatic heterocycles. The lowest BCUT2D eigenvalue weighted by Crippen LogP contribution is -2.39. The number of sulfone groups is 1. The lowest BCUT2D eigenvalue weighted by atomic mass is 10.2. The van der Waals surface area contributed by atoms with Crippen molar-refractivity contribution in [1.29, 1.82) is 0 Å². The molecule has 0 saturated carbocycles. The van der Waals surface area contributed by atoms with Crippen LogP contribution in [0.3, 0.4) is 0 Å². The summed E-state index contributed by atoms with van der Waals surface area (Å²) in [6.45, 7) is 0.592. The van der Waals surface area contributed by atoms with Crippen molar-refractivity contribution in [1.82, 2.24) is 4.90 Å². The van der Waals surface area contributed by atoms with E-state index in [4.69, 9.17) is 0 Å². The molecule has 1 fully saturated rings. The second-order valence-electron chi connectivity index (χ2n) is 5.87. The zero-order valence-corrected chi connectivity index (χ0v) is 15.5. The summed E-state index contributed by atoms with van der Waals surface area (Å²) in [5, 5.41) is 0. The smallest absolute Gasteiger partial charge is 0.255 e. The van der Waals surface area contributed by atoms with Crippen LogP contribution in [0, 0.1) is 0 Å². The second kappa shape index (κ2) is 7.07. The van der Waals surface area contributed by atoms with Gasteiger partial charge in [-0.1, -0.05) is 30.3 Å². The van der Waals surface area contributed by atoms with Crippen LogP contribution in [0.5, 0.6) is 0 Å². The van der Waals surface area contributed by atoms with Crippen LogP contribution in [0.1, 0.15) is 23.2 Å². The first-order valence-corrected chi connectivity index (χ1v) is 10.3. The van der Waals surface area contributed by atoms with Gasteiger partial charge in [-0.15, -0.1) is 0 Å². The number of likely N-dealkylation sites (tertiary alicyclic amines) is 1. The van der Waals surface area contributed by atoms with E-state index in [2.05, 4.69) is 15.9 Å². The third kappa shape index (κ3) is 3.54. The summed E-state index contributed by atoms with van der Waals surface area (Å²) in [5.74, 6) is -0.152. The van der Waals surface area contributed by atoms with E-state index in [1.807, 2.05) is 18.2 Å². The van der Waals surface area contributed by atoms with Crippen molar-refractivity contribution in [3.63, 3.8) is 0 Å². The topological polar surface area (TPSA) is 54.5 Å². The molecule has 3 rings (SSSR count). The summed E-state index contributed by atoms with van der Waals surface area (Å²) in [6.07, 6.45) is 1.54. The van der Waals surface area contributed by atoms with Gasteiger partial charge < -0.3 is 4.90 Å². The SMILES string of the molecule is O=C(c1ccccc1Br)N1CCCC1CS(=O)(=O)c1ccccc1. The summed E-state index contributed by atoms with van der Waals surface area (Å²) in [7, 11) is -3.41. The Morgan fingerprint density at radius 2 is 1.75 bits per heavy atom. The maximum atomic E-state index is 12.8. The molecule has 126 valence electrons. The summed E-state index contributed by atoms with van der Waals surface area (Å²) >= 11 is 3.40. The van der Waals surface area contributed by atoms with E-state index < -0.39 is 9.84 Å². The molecule has 0 aliphatic carbocycles. The lowest BCUT2D eigenvalue weighted by Gasteiger charge is -2.25. The zero-order valence-electron chi connectivity index (χ0n) is 13.1. The van der Waals surface area contributed by atoms with Crippen LogP contribution in [0.25, 0.3) is 0 Å². The van der Waals surface area contributed by atoms with E-state index in [1.165, 1.54) is 0 Å². The van der Waals surface area contributed by atoms with Crippen LogP contribution in [0.2, 0.25) is 0 Å². The number of halogens is 1. The van der Waals surface area contributed by atoms with E-state index in [0.29, 0.717) is 23.4 Å². The molecular formula is C18H18BrNO3S. The first-order valence-electron chi connectivity index (χ1n) is 7.82. The highest BCUT2D eigenvalue weighted by molar-refractivity contribution is 9.10. The van der Waals surface area contributed by atoms with E-state index in [1.54, 1.807) is 41.3 Å². The number of carbonyl (C=O) groups is 1. The molecule has 4 nitrogen and oxygen atoms in total. The highest BCUT2D eigenvalue weighted by Crippen LogP contribution is 2.26. The average Bonchev–Trinajstić information content (AvgIpc) is 3.03. The summed E-state index contributed by atoms with van der Waals surface area (Å²) < 4.78 is 26.0. The molecule has 1 unspecified atom stereocenters. The van der Waals surface area contributed by atoms with Crippen LogP contribution < -0.4 is 0 Å².